The van der Waals surface area contributed by atoms with Gasteiger partial charge >= 0.3 is 6.03 Å². The lowest BCUT2D eigenvalue weighted by Crippen LogP contribution is -2.39. The monoisotopic (exact) mass is 266 g/mol. The van der Waals surface area contributed by atoms with Crippen LogP contribution in [0.5, 0.6) is 11.5 Å². The van der Waals surface area contributed by atoms with Crippen molar-refractivity contribution in [2.24, 2.45) is 0 Å². The van der Waals surface area contributed by atoms with Crippen LogP contribution in [0.2, 0.25) is 0 Å². The van der Waals surface area contributed by atoms with Crippen molar-refractivity contribution in [3.8, 4) is 11.5 Å². The Morgan fingerprint density at radius 1 is 1.37 bits per heavy atom. The molecule has 19 heavy (non-hydrogen) atoms. The van der Waals surface area contributed by atoms with Gasteiger partial charge in [0, 0.05) is 11.8 Å². The van der Waals surface area contributed by atoms with Crippen LogP contribution in [-0.2, 0) is 0 Å². The van der Waals surface area contributed by atoms with Crippen LogP contribution < -0.4 is 20.1 Å². The number of carbonyl (C=O) groups is 1. The van der Waals surface area contributed by atoms with E-state index in [1.807, 2.05) is 6.92 Å². The molecule has 1 aliphatic heterocycles. The average Bonchev–Trinajstić information content (AvgIpc) is 2.44. The molecule has 0 saturated carbocycles. The fraction of sp³-hybridized carbons (Fsp3) is 0.462. The SMILES string of the molecule is CCC(CO)NC(=O)Nc1ccc2c(c1)OCCO2. The van der Waals surface area contributed by atoms with Gasteiger partial charge in [0.2, 0.25) is 0 Å². The topological polar surface area (TPSA) is 79.8 Å². The highest BCUT2D eigenvalue weighted by atomic mass is 16.6. The first kappa shape index (κ1) is 13.5. The number of ether oxygens (including phenoxy) is 2. The number of rotatable bonds is 4. The van der Waals surface area contributed by atoms with Crippen LogP contribution in [0.1, 0.15) is 13.3 Å². The highest BCUT2D eigenvalue weighted by molar-refractivity contribution is 5.89. The maximum atomic E-state index is 11.7. The smallest absolute Gasteiger partial charge is 0.319 e. The first-order chi connectivity index (χ1) is 9.22. The van der Waals surface area contributed by atoms with Gasteiger partial charge in [-0.1, -0.05) is 6.92 Å². The largest absolute Gasteiger partial charge is 0.486 e. The maximum absolute atomic E-state index is 11.7. The Bertz CT molecular complexity index is 446. The number of benzene rings is 1. The van der Waals surface area contributed by atoms with Gasteiger partial charge < -0.3 is 25.2 Å². The summed E-state index contributed by atoms with van der Waals surface area (Å²) in [6.07, 6.45) is 0.672. The van der Waals surface area contributed by atoms with E-state index < -0.39 is 0 Å². The van der Waals surface area contributed by atoms with E-state index in [-0.39, 0.29) is 18.7 Å². The molecule has 2 amide bonds. The van der Waals surface area contributed by atoms with Crippen molar-refractivity contribution in [3.05, 3.63) is 18.2 Å². The summed E-state index contributed by atoms with van der Waals surface area (Å²) in [4.78, 5) is 11.7. The van der Waals surface area contributed by atoms with Crippen molar-refractivity contribution >= 4 is 11.7 Å². The van der Waals surface area contributed by atoms with Crippen LogP contribution in [0, 0.1) is 0 Å². The van der Waals surface area contributed by atoms with Gasteiger partial charge in [-0.05, 0) is 18.6 Å². The van der Waals surface area contributed by atoms with Crippen molar-refractivity contribution < 1.29 is 19.4 Å². The molecule has 6 heteroatoms. The zero-order chi connectivity index (χ0) is 13.7. The van der Waals surface area contributed by atoms with Gasteiger partial charge in [0.1, 0.15) is 13.2 Å². The van der Waals surface area contributed by atoms with Crippen LogP contribution in [0.25, 0.3) is 0 Å². The Balaban J connectivity index is 1.97. The number of amides is 2. The first-order valence-corrected chi connectivity index (χ1v) is 6.31. The van der Waals surface area contributed by atoms with E-state index >= 15 is 0 Å². The Morgan fingerprint density at radius 3 is 2.79 bits per heavy atom. The minimum atomic E-state index is -0.349. The Labute approximate surface area is 111 Å². The molecule has 1 aromatic carbocycles. The predicted octanol–water partition coefficient (Wildman–Crippen LogP) is 1.35. The molecule has 0 aromatic heterocycles. The van der Waals surface area contributed by atoms with Gasteiger partial charge in [0.25, 0.3) is 0 Å². The number of hydrogen-bond acceptors (Lipinski definition) is 4. The number of carbonyl (C=O) groups excluding carboxylic acids is 1. The molecule has 1 heterocycles. The van der Waals surface area contributed by atoms with E-state index in [1.165, 1.54) is 0 Å². The summed E-state index contributed by atoms with van der Waals surface area (Å²) in [5.41, 5.74) is 0.620. The van der Waals surface area contributed by atoms with Gasteiger partial charge in [0.05, 0.1) is 12.6 Å². The molecular formula is C13H18N2O4. The highest BCUT2D eigenvalue weighted by Crippen LogP contribution is 2.32. The molecule has 3 N–H and O–H groups in total. The minimum Gasteiger partial charge on any atom is -0.486 e. The molecule has 0 fully saturated rings. The third kappa shape index (κ3) is 3.51. The summed E-state index contributed by atoms with van der Waals surface area (Å²) in [6, 6.07) is 4.63. The van der Waals surface area contributed by atoms with Crippen molar-refractivity contribution in [1.29, 1.82) is 0 Å². The molecule has 2 rings (SSSR count). The van der Waals surface area contributed by atoms with Crippen LogP contribution in [0.15, 0.2) is 18.2 Å². The lowest BCUT2D eigenvalue weighted by Gasteiger charge is -2.19. The van der Waals surface area contributed by atoms with Crippen LogP contribution >= 0.6 is 0 Å². The van der Waals surface area contributed by atoms with E-state index in [0.717, 1.165) is 0 Å². The zero-order valence-electron chi connectivity index (χ0n) is 10.8. The van der Waals surface area contributed by atoms with Gasteiger partial charge in [0.15, 0.2) is 11.5 Å². The summed E-state index contributed by atoms with van der Waals surface area (Å²) >= 11 is 0. The van der Waals surface area contributed by atoms with Crippen LogP contribution in [0.4, 0.5) is 10.5 Å². The molecule has 1 aliphatic rings. The van der Waals surface area contributed by atoms with E-state index in [0.29, 0.717) is 36.8 Å². The van der Waals surface area contributed by atoms with Gasteiger partial charge in [-0.15, -0.1) is 0 Å². The van der Waals surface area contributed by atoms with Crippen molar-refractivity contribution in [1.82, 2.24) is 5.32 Å². The van der Waals surface area contributed by atoms with E-state index in [9.17, 15) is 4.79 Å². The van der Waals surface area contributed by atoms with Crippen LogP contribution in [0.3, 0.4) is 0 Å². The van der Waals surface area contributed by atoms with Gasteiger partial charge in [-0.25, -0.2) is 4.79 Å². The number of hydrogen-bond donors (Lipinski definition) is 3. The van der Waals surface area contributed by atoms with Crippen molar-refractivity contribution in [3.63, 3.8) is 0 Å². The summed E-state index contributed by atoms with van der Waals surface area (Å²) < 4.78 is 10.8. The second-order valence-electron chi connectivity index (χ2n) is 4.24. The molecule has 1 unspecified atom stereocenters. The molecule has 6 nitrogen and oxygen atoms in total. The highest BCUT2D eigenvalue weighted by Gasteiger charge is 2.13. The molecule has 0 saturated heterocycles. The van der Waals surface area contributed by atoms with E-state index in [4.69, 9.17) is 14.6 Å². The number of aliphatic hydroxyl groups is 1. The lowest BCUT2D eigenvalue weighted by atomic mass is 10.2. The van der Waals surface area contributed by atoms with Crippen LogP contribution in [-0.4, -0.2) is 37.0 Å². The first-order valence-electron chi connectivity index (χ1n) is 6.31. The Hall–Kier alpha value is -1.95. The Morgan fingerprint density at radius 2 is 2.11 bits per heavy atom. The second kappa shape index (κ2) is 6.29. The summed E-state index contributed by atoms with van der Waals surface area (Å²) in [6.45, 7) is 2.86. The maximum Gasteiger partial charge on any atom is 0.319 e. The average molecular weight is 266 g/mol. The molecule has 0 bridgehead atoms. The van der Waals surface area contributed by atoms with Gasteiger partial charge in [-0.3, -0.25) is 0 Å². The molecule has 0 radical (unpaired) electrons. The van der Waals surface area contributed by atoms with Gasteiger partial charge in [-0.2, -0.15) is 0 Å². The van der Waals surface area contributed by atoms with E-state index in [2.05, 4.69) is 10.6 Å². The molecule has 0 spiro atoms. The fourth-order valence-corrected chi connectivity index (χ4v) is 1.75. The predicted molar refractivity (Wildman–Crippen MR) is 70.8 cm³/mol. The summed E-state index contributed by atoms with van der Waals surface area (Å²) in [5, 5.41) is 14.4. The number of aliphatic hydroxyl groups excluding tert-OH is 1. The molecule has 1 atom stereocenters. The third-order valence-corrected chi connectivity index (χ3v) is 2.85. The number of fused-ring (bicyclic) bond motifs is 1. The van der Waals surface area contributed by atoms with Crippen molar-refractivity contribution in [2.45, 2.75) is 19.4 Å². The third-order valence-electron chi connectivity index (χ3n) is 2.85. The quantitative estimate of drug-likeness (QED) is 0.768. The number of nitrogens with one attached hydrogen (secondary N) is 2. The minimum absolute atomic E-state index is 0.0783. The summed E-state index contributed by atoms with van der Waals surface area (Å²) in [7, 11) is 0. The zero-order valence-corrected chi connectivity index (χ0v) is 10.8. The molecule has 0 aliphatic carbocycles. The fourth-order valence-electron chi connectivity index (χ4n) is 1.75. The number of anilines is 1. The summed E-state index contributed by atoms with van der Waals surface area (Å²) in [5.74, 6) is 1.30. The second-order valence-corrected chi connectivity index (χ2v) is 4.24. The molecule has 104 valence electrons. The van der Waals surface area contributed by atoms with Crippen molar-refractivity contribution in [2.75, 3.05) is 25.1 Å². The standard InChI is InChI=1S/C13H18N2O4/c1-2-9(8-16)14-13(17)15-10-3-4-11-12(7-10)19-6-5-18-11/h3-4,7,9,16H,2,5-6,8H2,1H3,(H2,14,15,17). The normalized spacial score (nSPS) is 14.6. The molecular weight excluding hydrogens is 248 g/mol. The lowest BCUT2D eigenvalue weighted by molar-refractivity contribution is 0.171. The molecule has 1 aromatic rings. The number of urea groups is 1. The van der Waals surface area contributed by atoms with E-state index in [1.54, 1.807) is 18.2 Å². The Kier molecular flexibility index (Phi) is 4.46.